The lowest BCUT2D eigenvalue weighted by atomic mass is 10.2. The highest BCUT2D eigenvalue weighted by Gasteiger charge is 2.25. The zero-order valence-corrected chi connectivity index (χ0v) is 11.7. The Morgan fingerprint density at radius 3 is 3.12 bits per heavy atom. The van der Waals surface area contributed by atoms with Gasteiger partial charge in [-0.2, -0.15) is 11.8 Å². The first-order valence-corrected chi connectivity index (χ1v) is 8.13. The molecule has 1 aromatic heterocycles. The molecular weight excluding hydrogens is 236 g/mol. The van der Waals surface area contributed by atoms with E-state index in [9.17, 15) is 0 Å². The second kappa shape index (κ2) is 6.03. The summed E-state index contributed by atoms with van der Waals surface area (Å²) < 4.78 is 0. The minimum atomic E-state index is 0.739. The van der Waals surface area contributed by atoms with Gasteiger partial charge in [0.1, 0.15) is 0 Å². The molecule has 1 fully saturated rings. The summed E-state index contributed by atoms with van der Waals surface area (Å²) in [4.78, 5) is 5.72. The fourth-order valence-electron chi connectivity index (χ4n) is 2.38. The van der Waals surface area contributed by atoms with Crippen LogP contribution in [0.5, 0.6) is 0 Å². The Bertz CT molecular complexity index is 325. The van der Waals surface area contributed by atoms with Gasteiger partial charge in [-0.15, -0.1) is 11.3 Å². The van der Waals surface area contributed by atoms with E-state index in [2.05, 4.69) is 23.5 Å². The Hall–Kier alpha value is -0.0600. The van der Waals surface area contributed by atoms with Crippen LogP contribution < -0.4 is 5.32 Å². The van der Waals surface area contributed by atoms with E-state index < -0.39 is 0 Å². The molecule has 2 nitrogen and oxygen atoms in total. The maximum atomic E-state index is 4.28. The van der Waals surface area contributed by atoms with Crippen molar-refractivity contribution < 1.29 is 0 Å². The van der Waals surface area contributed by atoms with E-state index in [4.69, 9.17) is 0 Å². The number of hydrogen-bond acceptors (Lipinski definition) is 4. The second-order valence-electron chi connectivity index (χ2n) is 4.38. The Morgan fingerprint density at radius 2 is 2.44 bits per heavy atom. The average molecular weight is 256 g/mol. The van der Waals surface area contributed by atoms with Crippen molar-refractivity contribution in [3.63, 3.8) is 0 Å². The zero-order chi connectivity index (χ0) is 11.4. The number of nitrogens with one attached hydrogen (secondary N) is 1. The number of aryl methyl sites for hydroxylation is 1. The Morgan fingerprint density at radius 1 is 1.56 bits per heavy atom. The van der Waals surface area contributed by atoms with Crippen LogP contribution in [0.15, 0.2) is 5.51 Å². The van der Waals surface area contributed by atoms with E-state index in [1.54, 1.807) is 11.3 Å². The number of thioether (sulfide) groups is 1. The lowest BCUT2D eigenvalue weighted by Gasteiger charge is -2.18. The van der Waals surface area contributed by atoms with Gasteiger partial charge in [-0.05, 0) is 32.4 Å². The number of nitrogens with zero attached hydrogens (tertiary/aromatic N) is 1. The van der Waals surface area contributed by atoms with Crippen molar-refractivity contribution in [1.29, 1.82) is 0 Å². The minimum Gasteiger partial charge on any atom is -0.313 e. The number of hydrogen-bond donors (Lipinski definition) is 1. The lowest BCUT2D eigenvalue weighted by molar-refractivity contribution is 0.536. The molecule has 2 rings (SSSR count). The van der Waals surface area contributed by atoms with Crippen LogP contribution in [0, 0.1) is 6.92 Å². The van der Waals surface area contributed by atoms with Gasteiger partial charge in [-0.25, -0.2) is 4.98 Å². The van der Waals surface area contributed by atoms with Gasteiger partial charge in [-0.3, -0.25) is 0 Å². The van der Waals surface area contributed by atoms with Crippen molar-refractivity contribution in [3.05, 3.63) is 16.1 Å². The molecule has 1 aromatic rings. The van der Waals surface area contributed by atoms with Gasteiger partial charge in [0.25, 0.3) is 0 Å². The van der Waals surface area contributed by atoms with Gasteiger partial charge in [-0.1, -0.05) is 6.42 Å². The van der Waals surface area contributed by atoms with E-state index >= 15 is 0 Å². The maximum Gasteiger partial charge on any atom is 0.0797 e. The highest BCUT2D eigenvalue weighted by atomic mass is 32.2. The summed E-state index contributed by atoms with van der Waals surface area (Å²) in [7, 11) is 0. The largest absolute Gasteiger partial charge is 0.313 e. The molecule has 0 bridgehead atoms. The maximum absolute atomic E-state index is 4.28. The molecule has 90 valence electrons. The van der Waals surface area contributed by atoms with Crippen molar-refractivity contribution in [2.45, 2.75) is 43.9 Å². The van der Waals surface area contributed by atoms with Gasteiger partial charge < -0.3 is 5.32 Å². The molecule has 1 N–H and O–H groups in total. The Balaban J connectivity index is 1.74. The average Bonchev–Trinajstić information content (AvgIpc) is 2.88. The summed E-state index contributed by atoms with van der Waals surface area (Å²) >= 11 is 3.80. The molecule has 1 aliphatic rings. The molecule has 0 radical (unpaired) electrons. The van der Waals surface area contributed by atoms with Crippen molar-refractivity contribution in [2.24, 2.45) is 0 Å². The summed E-state index contributed by atoms with van der Waals surface area (Å²) in [6.07, 6.45) is 7.50. The van der Waals surface area contributed by atoms with Crippen LogP contribution >= 0.6 is 23.1 Å². The fraction of sp³-hybridized carbons (Fsp3) is 0.750. The number of thiazole rings is 1. The molecule has 0 amide bonds. The molecule has 0 aromatic carbocycles. The standard InChI is InChI=1S/C12H20N2S2/c1-9-11(16-8-14-9)6-7-13-10-4-3-5-12(10)15-2/h8,10,12-13H,3-7H2,1-2H3. The second-order valence-corrected chi connectivity index (χ2v) is 6.39. The van der Waals surface area contributed by atoms with E-state index in [0.717, 1.165) is 24.3 Å². The number of rotatable bonds is 5. The molecule has 16 heavy (non-hydrogen) atoms. The fourth-order valence-corrected chi connectivity index (χ4v) is 4.12. The van der Waals surface area contributed by atoms with Gasteiger partial charge in [0.2, 0.25) is 0 Å². The van der Waals surface area contributed by atoms with Crippen LogP contribution in [0.2, 0.25) is 0 Å². The molecule has 4 heteroatoms. The summed E-state index contributed by atoms with van der Waals surface area (Å²) in [6.45, 7) is 3.21. The van der Waals surface area contributed by atoms with Crippen molar-refractivity contribution in [3.8, 4) is 0 Å². The molecule has 1 heterocycles. The van der Waals surface area contributed by atoms with Gasteiger partial charge >= 0.3 is 0 Å². The van der Waals surface area contributed by atoms with E-state index in [-0.39, 0.29) is 0 Å². The first kappa shape index (κ1) is 12.4. The summed E-state index contributed by atoms with van der Waals surface area (Å²) in [5.74, 6) is 0. The molecule has 0 aliphatic heterocycles. The third-order valence-corrected chi connectivity index (χ3v) is 5.52. The quantitative estimate of drug-likeness (QED) is 0.877. The molecule has 0 spiro atoms. The van der Waals surface area contributed by atoms with Crippen molar-refractivity contribution in [1.82, 2.24) is 10.3 Å². The molecule has 2 unspecified atom stereocenters. The minimum absolute atomic E-state index is 0.739. The van der Waals surface area contributed by atoms with Crippen LogP contribution in [0.4, 0.5) is 0 Å². The third-order valence-electron chi connectivity index (χ3n) is 3.36. The summed E-state index contributed by atoms with van der Waals surface area (Å²) in [6, 6.07) is 0.739. The third kappa shape index (κ3) is 2.99. The SMILES string of the molecule is CSC1CCCC1NCCc1scnc1C. The Kier molecular flexibility index (Phi) is 4.67. The molecular formula is C12H20N2S2. The molecule has 0 saturated heterocycles. The zero-order valence-electron chi connectivity index (χ0n) is 10.0. The van der Waals surface area contributed by atoms with E-state index in [1.807, 2.05) is 17.3 Å². The van der Waals surface area contributed by atoms with Crippen LogP contribution in [-0.2, 0) is 6.42 Å². The summed E-state index contributed by atoms with van der Waals surface area (Å²) in [5, 5.41) is 4.54. The van der Waals surface area contributed by atoms with Crippen molar-refractivity contribution >= 4 is 23.1 Å². The van der Waals surface area contributed by atoms with Crippen LogP contribution in [0.25, 0.3) is 0 Å². The van der Waals surface area contributed by atoms with Crippen molar-refractivity contribution in [2.75, 3.05) is 12.8 Å². The predicted molar refractivity (Wildman–Crippen MR) is 73.5 cm³/mol. The smallest absolute Gasteiger partial charge is 0.0797 e. The van der Waals surface area contributed by atoms with E-state index in [1.165, 1.54) is 29.8 Å². The Labute approximate surface area is 106 Å². The first-order valence-electron chi connectivity index (χ1n) is 5.96. The van der Waals surface area contributed by atoms with Crippen LogP contribution in [-0.4, -0.2) is 29.1 Å². The number of aromatic nitrogens is 1. The van der Waals surface area contributed by atoms with E-state index in [0.29, 0.717) is 0 Å². The van der Waals surface area contributed by atoms with Gasteiger partial charge in [0.15, 0.2) is 0 Å². The van der Waals surface area contributed by atoms with Crippen LogP contribution in [0.1, 0.15) is 29.8 Å². The predicted octanol–water partition coefficient (Wildman–Crippen LogP) is 2.87. The molecule has 1 saturated carbocycles. The summed E-state index contributed by atoms with van der Waals surface area (Å²) in [5.41, 5.74) is 3.16. The van der Waals surface area contributed by atoms with Gasteiger partial charge in [0, 0.05) is 22.7 Å². The monoisotopic (exact) mass is 256 g/mol. The van der Waals surface area contributed by atoms with Gasteiger partial charge in [0.05, 0.1) is 11.2 Å². The molecule has 1 aliphatic carbocycles. The highest BCUT2D eigenvalue weighted by molar-refractivity contribution is 7.99. The lowest BCUT2D eigenvalue weighted by Crippen LogP contribution is -2.35. The molecule has 2 atom stereocenters. The topological polar surface area (TPSA) is 24.9 Å². The normalized spacial score (nSPS) is 25.1. The first-order chi connectivity index (χ1) is 7.81. The highest BCUT2D eigenvalue weighted by Crippen LogP contribution is 2.28. The van der Waals surface area contributed by atoms with Crippen LogP contribution in [0.3, 0.4) is 0 Å².